The minimum absolute atomic E-state index is 0.200. The summed E-state index contributed by atoms with van der Waals surface area (Å²) in [5, 5.41) is 3.15. The third kappa shape index (κ3) is 2.80. The minimum Gasteiger partial charge on any atom is -0.325 e. The second-order valence-corrected chi connectivity index (χ2v) is 8.32. The number of rotatable bonds is 3. The molecule has 2 aliphatic heterocycles. The SMILES string of the molecule is CC(=O)C[C@H]1CCN(C2CCC3(CC2)C(=O)Nc2c(C)cccc23)C1. The van der Waals surface area contributed by atoms with Crippen LogP contribution in [0.25, 0.3) is 0 Å². The lowest BCUT2D eigenvalue weighted by Gasteiger charge is -2.39. The number of Topliss-reactive ketones (excluding diaryl/α,β-unsaturated/α-hetero) is 1. The van der Waals surface area contributed by atoms with E-state index in [9.17, 15) is 9.59 Å². The molecule has 1 atom stereocenters. The molecule has 4 rings (SSSR count). The fourth-order valence-corrected chi connectivity index (χ4v) is 5.31. The molecule has 3 aliphatic rings. The molecule has 1 N–H and O–H groups in total. The summed E-state index contributed by atoms with van der Waals surface area (Å²) in [4.78, 5) is 26.7. The molecule has 1 spiro atoms. The highest BCUT2D eigenvalue weighted by Gasteiger charge is 2.49. The van der Waals surface area contributed by atoms with Crippen LogP contribution in [0.2, 0.25) is 0 Å². The Morgan fingerprint density at radius 1 is 1.28 bits per heavy atom. The summed E-state index contributed by atoms with van der Waals surface area (Å²) in [6, 6.07) is 6.86. The van der Waals surface area contributed by atoms with Crippen molar-refractivity contribution in [3.05, 3.63) is 29.3 Å². The Bertz CT molecular complexity index is 704. The highest BCUT2D eigenvalue weighted by atomic mass is 16.2. The van der Waals surface area contributed by atoms with Crippen molar-refractivity contribution in [2.75, 3.05) is 18.4 Å². The molecule has 1 aliphatic carbocycles. The van der Waals surface area contributed by atoms with E-state index < -0.39 is 0 Å². The second-order valence-electron chi connectivity index (χ2n) is 8.32. The van der Waals surface area contributed by atoms with Gasteiger partial charge in [0.2, 0.25) is 5.91 Å². The van der Waals surface area contributed by atoms with Crippen molar-refractivity contribution in [1.82, 2.24) is 4.90 Å². The van der Waals surface area contributed by atoms with Gasteiger partial charge in [-0.2, -0.15) is 0 Å². The van der Waals surface area contributed by atoms with Gasteiger partial charge in [-0.05, 0) is 69.5 Å². The van der Waals surface area contributed by atoms with E-state index in [-0.39, 0.29) is 11.3 Å². The van der Waals surface area contributed by atoms with E-state index in [0.717, 1.165) is 62.9 Å². The van der Waals surface area contributed by atoms with E-state index in [2.05, 4.69) is 35.3 Å². The van der Waals surface area contributed by atoms with Crippen LogP contribution >= 0.6 is 0 Å². The summed E-state index contributed by atoms with van der Waals surface area (Å²) in [6.07, 6.45) is 5.90. The summed E-state index contributed by atoms with van der Waals surface area (Å²) >= 11 is 0. The van der Waals surface area contributed by atoms with Gasteiger partial charge in [-0.3, -0.25) is 4.79 Å². The Labute approximate surface area is 150 Å². The summed E-state index contributed by atoms with van der Waals surface area (Å²) in [5.41, 5.74) is 3.12. The maximum atomic E-state index is 12.8. The van der Waals surface area contributed by atoms with Gasteiger partial charge in [0.05, 0.1) is 5.41 Å². The molecular formula is C21H28N2O2. The molecule has 1 aromatic carbocycles. The summed E-state index contributed by atoms with van der Waals surface area (Å²) < 4.78 is 0. The Kier molecular flexibility index (Phi) is 4.19. The molecule has 1 aromatic rings. The molecule has 0 radical (unpaired) electrons. The monoisotopic (exact) mass is 340 g/mol. The third-order valence-electron chi connectivity index (χ3n) is 6.68. The molecule has 1 saturated heterocycles. The fraction of sp³-hybridized carbons (Fsp3) is 0.619. The van der Waals surface area contributed by atoms with Crippen LogP contribution in [0, 0.1) is 12.8 Å². The lowest BCUT2D eigenvalue weighted by atomic mass is 9.68. The molecule has 1 saturated carbocycles. The van der Waals surface area contributed by atoms with Crippen LogP contribution in [-0.2, 0) is 15.0 Å². The van der Waals surface area contributed by atoms with Crippen LogP contribution < -0.4 is 5.32 Å². The average Bonchev–Trinajstić information content (AvgIpc) is 3.14. The average molecular weight is 340 g/mol. The van der Waals surface area contributed by atoms with Gasteiger partial charge >= 0.3 is 0 Å². The molecule has 0 bridgehead atoms. The number of amides is 1. The van der Waals surface area contributed by atoms with Crippen LogP contribution in [0.15, 0.2) is 18.2 Å². The van der Waals surface area contributed by atoms with E-state index in [0.29, 0.717) is 17.7 Å². The highest BCUT2D eigenvalue weighted by molar-refractivity contribution is 6.07. The number of carbonyl (C=O) groups is 2. The summed E-state index contributed by atoms with van der Waals surface area (Å²) in [7, 11) is 0. The first-order valence-corrected chi connectivity index (χ1v) is 9.64. The predicted molar refractivity (Wildman–Crippen MR) is 98.7 cm³/mol. The second kappa shape index (κ2) is 6.24. The number of nitrogens with zero attached hydrogens (tertiary/aromatic N) is 1. The number of carbonyl (C=O) groups excluding carboxylic acids is 2. The van der Waals surface area contributed by atoms with E-state index in [4.69, 9.17) is 0 Å². The van der Waals surface area contributed by atoms with Gasteiger partial charge in [-0.25, -0.2) is 0 Å². The molecule has 1 amide bonds. The van der Waals surface area contributed by atoms with Crippen LogP contribution in [0.3, 0.4) is 0 Å². The van der Waals surface area contributed by atoms with Crippen molar-refractivity contribution in [2.24, 2.45) is 5.92 Å². The lowest BCUT2D eigenvalue weighted by molar-refractivity contribution is -0.122. The number of likely N-dealkylation sites (tertiary alicyclic amines) is 1. The van der Waals surface area contributed by atoms with Crippen molar-refractivity contribution < 1.29 is 9.59 Å². The van der Waals surface area contributed by atoms with Crippen molar-refractivity contribution in [1.29, 1.82) is 0 Å². The van der Waals surface area contributed by atoms with E-state index in [1.54, 1.807) is 6.92 Å². The molecule has 25 heavy (non-hydrogen) atoms. The smallest absolute Gasteiger partial charge is 0.235 e. The first-order chi connectivity index (χ1) is 12.0. The lowest BCUT2D eigenvalue weighted by Crippen LogP contribution is -2.44. The molecule has 0 aromatic heterocycles. The van der Waals surface area contributed by atoms with Gasteiger partial charge < -0.3 is 15.0 Å². The summed E-state index contributed by atoms with van der Waals surface area (Å²) in [5.74, 6) is 1.04. The number of nitrogens with one attached hydrogen (secondary N) is 1. The number of anilines is 1. The van der Waals surface area contributed by atoms with Crippen molar-refractivity contribution in [2.45, 2.75) is 63.8 Å². The topological polar surface area (TPSA) is 49.4 Å². The van der Waals surface area contributed by atoms with Crippen molar-refractivity contribution in [3.8, 4) is 0 Å². The van der Waals surface area contributed by atoms with Crippen molar-refractivity contribution >= 4 is 17.4 Å². The Balaban J connectivity index is 1.45. The summed E-state index contributed by atoms with van der Waals surface area (Å²) in [6.45, 7) is 5.94. The minimum atomic E-state index is -0.309. The largest absolute Gasteiger partial charge is 0.325 e. The number of ketones is 1. The predicted octanol–water partition coefficient (Wildman–Crippen LogP) is 3.43. The van der Waals surface area contributed by atoms with Crippen LogP contribution in [0.1, 0.15) is 56.6 Å². The first kappa shape index (κ1) is 16.8. The number of fused-ring (bicyclic) bond motifs is 2. The van der Waals surface area contributed by atoms with Gasteiger partial charge in [-0.1, -0.05) is 18.2 Å². The molecule has 2 heterocycles. The Morgan fingerprint density at radius 3 is 2.76 bits per heavy atom. The zero-order chi connectivity index (χ0) is 17.6. The Hall–Kier alpha value is -1.68. The molecule has 4 heteroatoms. The molecular weight excluding hydrogens is 312 g/mol. The first-order valence-electron chi connectivity index (χ1n) is 9.64. The standard InChI is InChI=1S/C21H28N2O2/c1-14-4-3-5-18-19(14)22-20(25)21(18)9-6-17(7-10-21)23-11-8-16(13-23)12-15(2)24/h3-5,16-17H,6-13H2,1-2H3,(H,22,25)/t16-,17?,21?/m1/s1. The molecule has 0 unspecified atom stereocenters. The van der Waals surface area contributed by atoms with Crippen LogP contribution in [0.5, 0.6) is 0 Å². The van der Waals surface area contributed by atoms with Crippen molar-refractivity contribution in [3.63, 3.8) is 0 Å². The zero-order valence-corrected chi connectivity index (χ0v) is 15.3. The number of benzene rings is 1. The Morgan fingerprint density at radius 2 is 2.04 bits per heavy atom. The molecule has 2 fully saturated rings. The number of aryl methyl sites for hydroxylation is 1. The van der Waals surface area contributed by atoms with Gasteiger partial charge in [-0.15, -0.1) is 0 Å². The van der Waals surface area contributed by atoms with Crippen LogP contribution in [-0.4, -0.2) is 35.7 Å². The van der Waals surface area contributed by atoms with E-state index in [1.165, 1.54) is 5.56 Å². The van der Waals surface area contributed by atoms with E-state index >= 15 is 0 Å². The number of hydrogen-bond acceptors (Lipinski definition) is 3. The van der Waals surface area contributed by atoms with E-state index in [1.807, 2.05) is 0 Å². The quantitative estimate of drug-likeness (QED) is 0.917. The van der Waals surface area contributed by atoms with Crippen LogP contribution in [0.4, 0.5) is 5.69 Å². The molecule has 4 nitrogen and oxygen atoms in total. The van der Waals surface area contributed by atoms with Gasteiger partial charge in [0.1, 0.15) is 5.78 Å². The number of hydrogen-bond donors (Lipinski definition) is 1. The highest BCUT2D eigenvalue weighted by Crippen LogP contribution is 2.49. The fourth-order valence-electron chi connectivity index (χ4n) is 5.31. The maximum Gasteiger partial charge on any atom is 0.235 e. The normalized spacial score (nSPS) is 32.0. The van der Waals surface area contributed by atoms with Gasteiger partial charge in [0, 0.05) is 24.7 Å². The zero-order valence-electron chi connectivity index (χ0n) is 15.3. The number of para-hydroxylation sites is 1. The maximum absolute atomic E-state index is 12.8. The van der Waals surface area contributed by atoms with Gasteiger partial charge in [0.25, 0.3) is 0 Å². The molecule has 134 valence electrons. The third-order valence-corrected chi connectivity index (χ3v) is 6.68. The van der Waals surface area contributed by atoms with Gasteiger partial charge in [0.15, 0.2) is 0 Å².